The van der Waals surface area contributed by atoms with Crippen molar-refractivity contribution >= 4 is 21.8 Å². The maximum Gasteiger partial charge on any atom is 0.344 e. The second-order valence-electron chi connectivity index (χ2n) is 10.6. The number of hydrogen-bond donors (Lipinski definition) is 2. The summed E-state index contributed by atoms with van der Waals surface area (Å²) in [6, 6.07) is 18.0. The number of unbranched alkanes of at least 4 members (excludes halogenated alkanes) is 3. The Hall–Kier alpha value is -4.05. The van der Waals surface area contributed by atoms with Gasteiger partial charge in [-0.05, 0) is 97.7 Å². The molecule has 0 radical (unpaired) electrons. The number of carbonyl (C=O) groups is 2. The number of benzene rings is 3. The highest BCUT2D eigenvalue weighted by atomic mass is 32.2. The Kier molecular flexibility index (Phi) is 13.1. The maximum absolute atomic E-state index is 12.4. The summed E-state index contributed by atoms with van der Waals surface area (Å²) in [6.45, 7) is 4.63. The number of carboxylic acids is 2. The average molecular weight is 627 g/mol. The van der Waals surface area contributed by atoms with Crippen LogP contribution in [0.1, 0.15) is 63.5 Å². The Morgan fingerprint density at radius 3 is 2.18 bits per heavy atom. The number of aliphatic carboxylic acids is 2. The van der Waals surface area contributed by atoms with Crippen LogP contribution >= 0.6 is 0 Å². The van der Waals surface area contributed by atoms with E-state index in [1.165, 1.54) is 6.26 Å². The van der Waals surface area contributed by atoms with Gasteiger partial charge in [-0.3, -0.25) is 4.79 Å². The Labute approximate surface area is 259 Å². The normalized spacial score (nSPS) is 12.0. The molecular formula is C34H42O9S. The minimum atomic E-state index is -3.45. The van der Waals surface area contributed by atoms with Gasteiger partial charge < -0.3 is 24.4 Å². The Bertz CT molecular complexity index is 1500. The standard InChI is InChI=1S/C34H42O9S/c1-4-31(34(37)38)43-32-13-10-12-25(30(32)18-19-33(35)36)11-8-6-7-9-20-42-28-21-26(22-29(23-28)44(3,39)40)24-14-16-27(17-15-24)41-5-2/h10,12-17,21-23,31H,4-9,11,18-20H2,1-3H3,(H,35,36)(H,37,38). The topological polar surface area (TPSA) is 136 Å². The molecule has 0 aliphatic carbocycles. The van der Waals surface area contributed by atoms with Crippen LogP contribution in [-0.4, -0.2) is 56.1 Å². The van der Waals surface area contributed by atoms with Crippen molar-refractivity contribution in [1.29, 1.82) is 0 Å². The highest BCUT2D eigenvalue weighted by Crippen LogP contribution is 2.30. The molecule has 3 aromatic rings. The van der Waals surface area contributed by atoms with E-state index in [1.54, 1.807) is 25.1 Å². The van der Waals surface area contributed by atoms with Crippen molar-refractivity contribution in [3.05, 3.63) is 71.8 Å². The van der Waals surface area contributed by atoms with Gasteiger partial charge in [-0.15, -0.1) is 0 Å². The van der Waals surface area contributed by atoms with Crippen LogP contribution in [0, 0.1) is 0 Å². The zero-order valence-electron chi connectivity index (χ0n) is 25.6. The summed E-state index contributed by atoms with van der Waals surface area (Å²) in [5, 5.41) is 18.6. The van der Waals surface area contributed by atoms with Crippen molar-refractivity contribution in [3.8, 4) is 28.4 Å². The third-order valence-corrected chi connectivity index (χ3v) is 8.24. The van der Waals surface area contributed by atoms with Crippen molar-refractivity contribution in [3.63, 3.8) is 0 Å². The first-order valence-electron chi connectivity index (χ1n) is 14.9. The lowest BCUT2D eigenvalue weighted by molar-refractivity contribution is -0.145. The molecule has 0 saturated heterocycles. The van der Waals surface area contributed by atoms with E-state index in [0.717, 1.165) is 53.7 Å². The second kappa shape index (κ2) is 16.7. The molecule has 238 valence electrons. The van der Waals surface area contributed by atoms with E-state index < -0.39 is 27.9 Å². The number of ether oxygens (including phenoxy) is 3. The number of hydrogen-bond acceptors (Lipinski definition) is 7. The fraction of sp³-hybridized carbons (Fsp3) is 0.412. The highest BCUT2D eigenvalue weighted by Gasteiger charge is 2.20. The van der Waals surface area contributed by atoms with Crippen LogP contribution in [-0.2, 0) is 32.3 Å². The lowest BCUT2D eigenvalue weighted by atomic mass is 9.96. The van der Waals surface area contributed by atoms with Crippen molar-refractivity contribution in [2.75, 3.05) is 19.5 Å². The predicted octanol–water partition coefficient (Wildman–Crippen LogP) is 6.60. The van der Waals surface area contributed by atoms with E-state index in [2.05, 4.69) is 0 Å². The van der Waals surface area contributed by atoms with Crippen LogP contribution in [0.4, 0.5) is 0 Å². The molecule has 0 heterocycles. The molecule has 10 heteroatoms. The largest absolute Gasteiger partial charge is 0.494 e. The minimum absolute atomic E-state index is 0.0740. The summed E-state index contributed by atoms with van der Waals surface area (Å²) in [7, 11) is -3.45. The van der Waals surface area contributed by atoms with Gasteiger partial charge in [-0.2, -0.15) is 0 Å². The number of sulfone groups is 1. The molecule has 0 saturated carbocycles. The Morgan fingerprint density at radius 2 is 1.55 bits per heavy atom. The van der Waals surface area contributed by atoms with Crippen LogP contribution in [0.15, 0.2) is 65.6 Å². The van der Waals surface area contributed by atoms with E-state index in [4.69, 9.17) is 14.2 Å². The van der Waals surface area contributed by atoms with E-state index >= 15 is 0 Å². The zero-order chi connectivity index (χ0) is 32.1. The molecule has 44 heavy (non-hydrogen) atoms. The van der Waals surface area contributed by atoms with Crippen molar-refractivity contribution in [1.82, 2.24) is 0 Å². The number of rotatable bonds is 19. The van der Waals surface area contributed by atoms with Crippen LogP contribution in [0.3, 0.4) is 0 Å². The summed E-state index contributed by atoms with van der Waals surface area (Å²) < 4.78 is 41.9. The fourth-order valence-electron chi connectivity index (χ4n) is 4.84. The number of carboxylic acid groups (broad SMARTS) is 2. The first kappa shape index (κ1) is 34.4. The van der Waals surface area contributed by atoms with E-state index in [0.29, 0.717) is 37.6 Å². The van der Waals surface area contributed by atoms with Crippen molar-refractivity contribution in [2.45, 2.75) is 76.2 Å². The molecule has 0 aliphatic heterocycles. The van der Waals surface area contributed by atoms with Crippen LogP contribution in [0.5, 0.6) is 17.2 Å². The summed E-state index contributed by atoms with van der Waals surface area (Å²) >= 11 is 0. The van der Waals surface area contributed by atoms with Gasteiger partial charge in [0, 0.05) is 12.7 Å². The molecule has 1 unspecified atom stereocenters. The fourth-order valence-corrected chi connectivity index (χ4v) is 5.51. The van der Waals surface area contributed by atoms with Gasteiger partial charge in [-0.1, -0.05) is 44.0 Å². The third kappa shape index (κ3) is 10.6. The van der Waals surface area contributed by atoms with E-state index in [9.17, 15) is 28.2 Å². The highest BCUT2D eigenvalue weighted by molar-refractivity contribution is 7.90. The molecule has 9 nitrogen and oxygen atoms in total. The molecule has 0 spiro atoms. The SMILES string of the molecule is CCOc1ccc(-c2cc(OCCCCCCc3cccc(OC(CC)C(=O)O)c3CCC(=O)O)cc(S(C)(=O)=O)c2)cc1. The Balaban J connectivity index is 1.58. The van der Waals surface area contributed by atoms with Gasteiger partial charge in [0.05, 0.1) is 18.1 Å². The van der Waals surface area contributed by atoms with Gasteiger partial charge in [0.2, 0.25) is 0 Å². The van der Waals surface area contributed by atoms with Gasteiger partial charge in [0.15, 0.2) is 15.9 Å². The minimum Gasteiger partial charge on any atom is -0.494 e. The monoisotopic (exact) mass is 626 g/mol. The summed E-state index contributed by atoms with van der Waals surface area (Å²) in [5.41, 5.74) is 3.30. The lowest BCUT2D eigenvalue weighted by Gasteiger charge is -2.19. The molecule has 0 amide bonds. The molecular weight excluding hydrogens is 584 g/mol. The van der Waals surface area contributed by atoms with Crippen LogP contribution in [0.25, 0.3) is 11.1 Å². The quantitative estimate of drug-likeness (QED) is 0.141. The lowest BCUT2D eigenvalue weighted by Crippen LogP contribution is -2.26. The molecule has 0 bridgehead atoms. The molecule has 3 aromatic carbocycles. The molecule has 1 atom stereocenters. The maximum atomic E-state index is 12.4. The van der Waals surface area contributed by atoms with Gasteiger partial charge in [0.25, 0.3) is 0 Å². The summed E-state index contributed by atoms with van der Waals surface area (Å²) in [5.74, 6) is -0.326. The Morgan fingerprint density at radius 1 is 0.818 bits per heavy atom. The van der Waals surface area contributed by atoms with E-state index in [1.807, 2.05) is 49.4 Å². The third-order valence-electron chi connectivity index (χ3n) is 7.15. The van der Waals surface area contributed by atoms with Crippen LogP contribution < -0.4 is 14.2 Å². The van der Waals surface area contributed by atoms with Crippen molar-refractivity contribution < 1.29 is 42.4 Å². The van der Waals surface area contributed by atoms with Crippen molar-refractivity contribution in [2.24, 2.45) is 0 Å². The molecule has 2 N–H and O–H groups in total. The molecule has 3 rings (SSSR count). The predicted molar refractivity (Wildman–Crippen MR) is 169 cm³/mol. The van der Waals surface area contributed by atoms with Gasteiger partial charge in [-0.25, -0.2) is 13.2 Å². The molecule has 0 fully saturated rings. The van der Waals surface area contributed by atoms with Crippen LogP contribution in [0.2, 0.25) is 0 Å². The average Bonchev–Trinajstić information content (AvgIpc) is 2.98. The smallest absolute Gasteiger partial charge is 0.344 e. The zero-order valence-corrected chi connectivity index (χ0v) is 26.4. The molecule has 0 aromatic heterocycles. The second-order valence-corrected chi connectivity index (χ2v) is 12.6. The summed E-state index contributed by atoms with van der Waals surface area (Å²) in [6.07, 6.45) is 4.78. The summed E-state index contributed by atoms with van der Waals surface area (Å²) in [4.78, 5) is 22.9. The van der Waals surface area contributed by atoms with E-state index in [-0.39, 0.29) is 17.7 Å². The first-order chi connectivity index (χ1) is 21.0. The van der Waals surface area contributed by atoms with Gasteiger partial charge in [0.1, 0.15) is 17.2 Å². The molecule has 0 aliphatic rings. The van der Waals surface area contributed by atoms with Gasteiger partial charge >= 0.3 is 11.9 Å². The number of aryl methyl sites for hydroxylation is 1. The first-order valence-corrected chi connectivity index (χ1v) is 16.8.